The van der Waals surface area contributed by atoms with Crippen molar-refractivity contribution in [3.05, 3.63) is 88.5 Å². The number of rotatable bonds is 7. The molecular weight excluding hydrogens is 462 g/mol. The lowest BCUT2D eigenvalue weighted by Crippen LogP contribution is -2.57. The minimum absolute atomic E-state index is 0.0668. The van der Waals surface area contributed by atoms with Crippen LogP contribution in [0.3, 0.4) is 0 Å². The van der Waals surface area contributed by atoms with Crippen LogP contribution in [-0.4, -0.2) is 57.3 Å². The van der Waals surface area contributed by atoms with Crippen LogP contribution in [0.5, 0.6) is 0 Å². The Bertz CT molecular complexity index is 1280. The van der Waals surface area contributed by atoms with Crippen LogP contribution in [0.4, 0.5) is 17.1 Å². The molecule has 0 aliphatic carbocycles. The number of hydrazine groups is 1. The molecular formula is C26H25N5O5. The Labute approximate surface area is 207 Å². The van der Waals surface area contributed by atoms with E-state index in [1.54, 1.807) is 29.3 Å². The first-order valence-corrected chi connectivity index (χ1v) is 11.7. The van der Waals surface area contributed by atoms with Gasteiger partial charge in [0, 0.05) is 17.8 Å². The molecule has 3 aliphatic heterocycles. The molecule has 4 atom stereocenters. The fourth-order valence-corrected chi connectivity index (χ4v) is 4.77. The molecule has 2 N–H and O–H groups in total. The van der Waals surface area contributed by atoms with Gasteiger partial charge in [-0.1, -0.05) is 37.3 Å². The van der Waals surface area contributed by atoms with Crippen molar-refractivity contribution >= 4 is 34.6 Å². The van der Waals surface area contributed by atoms with E-state index in [2.05, 4.69) is 10.4 Å². The molecule has 0 unspecified atom stereocenters. The number of anilines is 2. The van der Waals surface area contributed by atoms with Crippen molar-refractivity contribution in [2.75, 3.05) is 16.9 Å². The van der Waals surface area contributed by atoms with Crippen LogP contribution in [0.1, 0.15) is 18.9 Å². The van der Waals surface area contributed by atoms with Gasteiger partial charge in [0.15, 0.2) is 0 Å². The van der Waals surface area contributed by atoms with Gasteiger partial charge in [0.2, 0.25) is 5.91 Å². The number of carbonyl (C=O) groups is 2. The minimum Gasteiger partial charge on any atom is -0.391 e. The maximum Gasteiger partial charge on any atom is 0.269 e. The van der Waals surface area contributed by atoms with E-state index in [0.717, 1.165) is 11.3 Å². The maximum atomic E-state index is 13.7. The van der Waals surface area contributed by atoms with Gasteiger partial charge >= 0.3 is 0 Å². The highest BCUT2D eigenvalue weighted by Gasteiger charge is 2.53. The van der Waals surface area contributed by atoms with Crippen molar-refractivity contribution in [3.63, 3.8) is 0 Å². The number of aliphatic hydroxyl groups excluding tert-OH is 1. The Kier molecular flexibility index (Phi) is 6.21. The molecule has 10 nitrogen and oxygen atoms in total. The molecule has 2 amide bonds. The highest BCUT2D eigenvalue weighted by molar-refractivity contribution is 6.24. The lowest BCUT2D eigenvalue weighted by atomic mass is 9.92. The van der Waals surface area contributed by atoms with Crippen LogP contribution in [-0.2, 0) is 9.59 Å². The van der Waals surface area contributed by atoms with Crippen LogP contribution in [0, 0.1) is 16.0 Å². The van der Waals surface area contributed by atoms with Crippen molar-refractivity contribution in [2.24, 2.45) is 10.9 Å². The lowest BCUT2D eigenvalue weighted by molar-refractivity contribution is -0.384. The molecule has 184 valence electrons. The lowest BCUT2D eigenvalue weighted by Gasteiger charge is -2.40. The Morgan fingerprint density at radius 3 is 2.44 bits per heavy atom. The quantitative estimate of drug-likeness (QED) is 0.266. The van der Waals surface area contributed by atoms with Gasteiger partial charge in [0.1, 0.15) is 6.04 Å². The molecule has 0 bridgehead atoms. The van der Waals surface area contributed by atoms with Gasteiger partial charge < -0.3 is 10.5 Å². The van der Waals surface area contributed by atoms with Crippen LogP contribution >= 0.6 is 0 Å². The molecule has 5 rings (SSSR count). The monoisotopic (exact) mass is 487 g/mol. The number of amides is 2. The number of non-ortho nitro benzene ring substituents is 1. The summed E-state index contributed by atoms with van der Waals surface area (Å²) in [5.74, 6) is -1.51. The van der Waals surface area contributed by atoms with E-state index in [-0.39, 0.29) is 11.6 Å². The first-order chi connectivity index (χ1) is 17.4. The number of carbonyl (C=O) groups excluding carboxylic acids is 2. The molecule has 2 aromatic rings. The first kappa shape index (κ1) is 23.6. The number of allylic oxidation sites excluding steroid dienone is 1. The zero-order valence-electron chi connectivity index (χ0n) is 19.5. The smallest absolute Gasteiger partial charge is 0.269 e. The van der Waals surface area contributed by atoms with E-state index in [1.165, 1.54) is 29.2 Å². The topological polar surface area (TPSA) is 128 Å². The Hall–Kier alpha value is -4.15. The van der Waals surface area contributed by atoms with Crippen molar-refractivity contribution in [3.8, 4) is 0 Å². The number of hydrogen-bond acceptors (Lipinski definition) is 8. The molecule has 3 aliphatic rings. The van der Waals surface area contributed by atoms with Crippen molar-refractivity contribution in [2.45, 2.75) is 31.5 Å². The zero-order valence-corrected chi connectivity index (χ0v) is 19.5. The van der Waals surface area contributed by atoms with E-state index >= 15 is 0 Å². The third-order valence-electron chi connectivity index (χ3n) is 6.67. The minimum atomic E-state index is -0.897. The largest absolute Gasteiger partial charge is 0.391 e. The number of nitro groups is 1. The number of aliphatic imine (C=N–C) groups is 1. The number of aliphatic hydroxyl groups is 1. The van der Waals surface area contributed by atoms with Gasteiger partial charge in [-0.25, -0.2) is 9.91 Å². The normalized spacial score (nSPS) is 24.1. The number of benzene rings is 2. The van der Waals surface area contributed by atoms with Crippen LogP contribution < -0.4 is 10.3 Å². The number of nitrogens with zero attached hydrogens (tertiary/aromatic N) is 4. The van der Waals surface area contributed by atoms with Gasteiger partial charge in [-0.2, -0.15) is 0 Å². The fourth-order valence-electron chi connectivity index (χ4n) is 4.77. The summed E-state index contributed by atoms with van der Waals surface area (Å²) < 4.78 is 0. The van der Waals surface area contributed by atoms with Crippen molar-refractivity contribution in [1.82, 2.24) is 5.01 Å². The first-order valence-electron chi connectivity index (χ1n) is 11.7. The van der Waals surface area contributed by atoms with Gasteiger partial charge in [-0.15, -0.1) is 0 Å². The highest BCUT2D eigenvalue weighted by atomic mass is 16.6. The third kappa shape index (κ3) is 4.10. The fraction of sp³-hybridized carbons (Fsp3) is 0.269. The predicted octanol–water partition coefficient (Wildman–Crippen LogP) is 2.85. The summed E-state index contributed by atoms with van der Waals surface area (Å²) in [6.45, 7) is 2.46. The van der Waals surface area contributed by atoms with Crippen molar-refractivity contribution in [1.29, 1.82) is 0 Å². The highest BCUT2D eigenvalue weighted by Crippen LogP contribution is 2.36. The SMILES string of the molecule is CC[C@@H](O)[C@H]1C=C[C@H]2C(=O)N(c3ccc(C4=NCC=C4)cc3)C(=O)[C@H]2N1Nc1ccc([N+](=O)[O-])cc1. The molecule has 0 radical (unpaired) electrons. The average molecular weight is 488 g/mol. The van der Waals surface area contributed by atoms with Crippen LogP contribution in [0.2, 0.25) is 0 Å². The van der Waals surface area contributed by atoms with E-state index in [1.807, 2.05) is 31.2 Å². The van der Waals surface area contributed by atoms with Crippen LogP contribution in [0.15, 0.2) is 77.8 Å². The summed E-state index contributed by atoms with van der Waals surface area (Å²) in [7, 11) is 0. The molecule has 1 saturated heterocycles. The van der Waals surface area contributed by atoms with Crippen molar-refractivity contribution < 1.29 is 19.6 Å². The molecule has 2 aromatic carbocycles. The molecule has 10 heteroatoms. The van der Waals surface area contributed by atoms with E-state index in [4.69, 9.17) is 0 Å². The molecule has 0 saturated carbocycles. The summed E-state index contributed by atoms with van der Waals surface area (Å²) in [5.41, 5.74) is 5.77. The van der Waals surface area contributed by atoms with E-state index in [0.29, 0.717) is 24.3 Å². The number of fused-ring (bicyclic) bond motifs is 1. The molecule has 1 fully saturated rings. The molecule has 0 aromatic heterocycles. The number of nitro benzene ring substituents is 1. The summed E-state index contributed by atoms with van der Waals surface area (Å²) in [6.07, 6.45) is 6.94. The Morgan fingerprint density at radius 1 is 1.11 bits per heavy atom. The Morgan fingerprint density at radius 2 is 1.83 bits per heavy atom. The number of hydrogen-bond donors (Lipinski definition) is 2. The zero-order chi connectivity index (χ0) is 25.4. The third-order valence-corrected chi connectivity index (χ3v) is 6.67. The number of imide groups is 1. The second-order valence-corrected chi connectivity index (χ2v) is 8.83. The molecule has 36 heavy (non-hydrogen) atoms. The van der Waals surface area contributed by atoms with Gasteiger partial charge in [-0.3, -0.25) is 24.7 Å². The second kappa shape index (κ2) is 9.48. The molecule has 0 spiro atoms. The van der Waals surface area contributed by atoms with E-state index < -0.39 is 34.9 Å². The van der Waals surface area contributed by atoms with Gasteiger partial charge in [-0.05, 0) is 42.3 Å². The summed E-state index contributed by atoms with van der Waals surface area (Å²) in [6, 6.07) is 11.4. The molecule has 3 heterocycles. The van der Waals surface area contributed by atoms with Gasteiger partial charge in [0.05, 0.1) is 40.9 Å². The predicted molar refractivity (Wildman–Crippen MR) is 135 cm³/mol. The van der Waals surface area contributed by atoms with Gasteiger partial charge in [0.25, 0.3) is 11.6 Å². The summed E-state index contributed by atoms with van der Waals surface area (Å²) in [5, 5.41) is 23.3. The number of nitrogens with one attached hydrogen (secondary N) is 1. The Balaban J connectivity index is 1.45. The standard InChI is InChI=1S/C26H25N5O5/c1-2-23(32)22-14-13-20-24(30(22)28-17-7-11-19(12-8-17)31(35)36)26(34)29(25(20)33)18-9-5-16(6-10-18)21-4-3-15-27-21/h3-14,20,22-24,28,32H,2,15H2,1H3/t20-,22-,23-,24+/m1/s1. The average Bonchev–Trinajstić information content (AvgIpc) is 3.51. The summed E-state index contributed by atoms with van der Waals surface area (Å²) >= 11 is 0. The maximum absolute atomic E-state index is 13.7. The summed E-state index contributed by atoms with van der Waals surface area (Å²) in [4.78, 5) is 43.2. The van der Waals surface area contributed by atoms with E-state index in [9.17, 15) is 24.8 Å². The van der Waals surface area contributed by atoms with Crippen LogP contribution in [0.25, 0.3) is 0 Å². The second-order valence-electron chi connectivity index (χ2n) is 8.83.